The van der Waals surface area contributed by atoms with Crippen LogP contribution in [0.1, 0.15) is 47.2 Å². The molecule has 0 radical (unpaired) electrons. The number of nitrogens with one attached hydrogen (secondary N) is 1. The number of imidazole rings is 1. The Hall–Kier alpha value is -1.85. The van der Waals surface area contributed by atoms with E-state index in [4.69, 9.17) is 5.11 Å². The van der Waals surface area contributed by atoms with Gasteiger partial charge < -0.3 is 15.0 Å². The first-order chi connectivity index (χ1) is 8.63. The number of carboxylic acids is 1. The number of hydrogen-bond acceptors (Lipinski definition) is 3. The lowest BCUT2D eigenvalue weighted by Crippen LogP contribution is -2.38. The number of rotatable bonds is 5. The molecule has 98 valence electrons. The van der Waals surface area contributed by atoms with Crippen LogP contribution < -0.4 is 0 Å². The molecule has 2 rings (SSSR count). The molecule has 1 aromatic heterocycles. The largest absolute Gasteiger partial charge is 0.477 e. The van der Waals surface area contributed by atoms with Gasteiger partial charge in [-0.1, -0.05) is 6.42 Å². The van der Waals surface area contributed by atoms with E-state index in [2.05, 4.69) is 9.97 Å². The predicted molar refractivity (Wildman–Crippen MR) is 64.5 cm³/mol. The van der Waals surface area contributed by atoms with E-state index < -0.39 is 5.97 Å². The maximum Gasteiger partial charge on any atom is 0.354 e. The van der Waals surface area contributed by atoms with Crippen LogP contribution in [0.2, 0.25) is 0 Å². The smallest absolute Gasteiger partial charge is 0.354 e. The summed E-state index contributed by atoms with van der Waals surface area (Å²) in [5, 5.41) is 8.96. The summed E-state index contributed by atoms with van der Waals surface area (Å²) >= 11 is 0. The Morgan fingerprint density at radius 3 is 2.78 bits per heavy atom. The van der Waals surface area contributed by atoms with E-state index in [1.54, 1.807) is 4.90 Å². The summed E-state index contributed by atoms with van der Waals surface area (Å²) in [5.41, 5.74) is -0.129. The molecule has 6 nitrogen and oxygen atoms in total. The molecule has 0 aromatic carbocycles. The lowest BCUT2D eigenvalue weighted by Gasteiger charge is -2.31. The molecule has 0 atom stereocenters. The number of nitrogens with zero attached hydrogens (tertiary/aromatic N) is 2. The Bertz CT molecular complexity index is 451. The van der Waals surface area contributed by atoms with Crippen LogP contribution in [0.4, 0.5) is 0 Å². The predicted octanol–water partition coefficient (Wildman–Crippen LogP) is 1.37. The first-order valence-electron chi connectivity index (χ1n) is 6.19. The topological polar surface area (TPSA) is 86.3 Å². The van der Waals surface area contributed by atoms with Crippen LogP contribution in [0.25, 0.3) is 0 Å². The van der Waals surface area contributed by atoms with Crippen molar-refractivity contribution in [2.24, 2.45) is 5.92 Å². The van der Waals surface area contributed by atoms with Crippen molar-refractivity contribution in [2.45, 2.75) is 26.2 Å². The zero-order valence-electron chi connectivity index (χ0n) is 10.3. The molecular formula is C12H17N3O3. The van der Waals surface area contributed by atoms with Crippen molar-refractivity contribution in [3.8, 4) is 0 Å². The van der Waals surface area contributed by atoms with Gasteiger partial charge in [-0.2, -0.15) is 0 Å². The fraction of sp³-hybridized carbons (Fsp3) is 0.583. The van der Waals surface area contributed by atoms with Crippen LogP contribution >= 0.6 is 0 Å². The van der Waals surface area contributed by atoms with E-state index in [0.717, 1.165) is 12.8 Å². The number of amides is 1. The van der Waals surface area contributed by atoms with Gasteiger partial charge in [0.25, 0.3) is 5.91 Å². The highest BCUT2D eigenvalue weighted by Crippen LogP contribution is 2.27. The van der Waals surface area contributed by atoms with E-state index in [1.807, 2.05) is 6.92 Å². The average Bonchev–Trinajstić information content (AvgIpc) is 2.76. The van der Waals surface area contributed by atoms with Crippen molar-refractivity contribution in [2.75, 3.05) is 13.1 Å². The molecule has 6 heteroatoms. The first-order valence-corrected chi connectivity index (χ1v) is 6.19. The second-order valence-corrected chi connectivity index (χ2v) is 4.57. The standard InChI is InChI=1S/C12H17N3O3/c1-2-15(6-8-4-3-5-8)11(16)9-10(12(17)18)14-7-13-9/h7-8H,2-6H2,1H3,(H,13,14)(H,17,18). The van der Waals surface area contributed by atoms with Gasteiger partial charge in [0, 0.05) is 13.1 Å². The molecule has 0 bridgehead atoms. The highest BCUT2D eigenvalue weighted by Gasteiger charge is 2.27. The second-order valence-electron chi connectivity index (χ2n) is 4.57. The summed E-state index contributed by atoms with van der Waals surface area (Å²) in [5.74, 6) is -0.903. The number of carbonyl (C=O) groups is 2. The van der Waals surface area contributed by atoms with E-state index in [1.165, 1.54) is 12.7 Å². The quantitative estimate of drug-likeness (QED) is 0.827. The van der Waals surface area contributed by atoms with Crippen LogP contribution in [0.3, 0.4) is 0 Å². The molecule has 1 saturated carbocycles. The summed E-state index contributed by atoms with van der Waals surface area (Å²) in [7, 11) is 0. The van der Waals surface area contributed by atoms with Gasteiger partial charge in [-0.3, -0.25) is 4.79 Å². The molecule has 2 N–H and O–H groups in total. The molecule has 0 unspecified atom stereocenters. The summed E-state index contributed by atoms with van der Waals surface area (Å²) < 4.78 is 0. The minimum Gasteiger partial charge on any atom is -0.477 e. The Balaban J connectivity index is 2.11. The van der Waals surface area contributed by atoms with Gasteiger partial charge >= 0.3 is 5.97 Å². The lowest BCUT2D eigenvalue weighted by molar-refractivity contribution is 0.0653. The number of hydrogen-bond donors (Lipinski definition) is 2. The second kappa shape index (κ2) is 5.20. The van der Waals surface area contributed by atoms with Gasteiger partial charge in [-0.15, -0.1) is 0 Å². The molecule has 1 aliphatic rings. The van der Waals surface area contributed by atoms with Gasteiger partial charge in [0.15, 0.2) is 11.4 Å². The molecule has 1 heterocycles. The Kier molecular flexibility index (Phi) is 3.64. The molecule has 1 amide bonds. The van der Waals surface area contributed by atoms with E-state index in [0.29, 0.717) is 19.0 Å². The third-order valence-electron chi connectivity index (χ3n) is 3.43. The van der Waals surface area contributed by atoms with E-state index in [9.17, 15) is 9.59 Å². The summed E-state index contributed by atoms with van der Waals surface area (Å²) in [6, 6.07) is 0. The van der Waals surface area contributed by atoms with Crippen LogP contribution in [0.5, 0.6) is 0 Å². The molecular weight excluding hydrogens is 234 g/mol. The number of carbonyl (C=O) groups excluding carboxylic acids is 1. The molecule has 0 saturated heterocycles. The van der Waals surface area contributed by atoms with Crippen molar-refractivity contribution in [1.82, 2.24) is 14.9 Å². The highest BCUT2D eigenvalue weighted by atomic mass is 16.4. The van der Waals surface area contributed by atoms with Crippen molar-refractivity contribution < 1.29 is 14.7 Å². The van der Waals surface area contributed by atoms with Gasteiger partial charge in [-0.05, 0) is 25.7 Å². The van der Waals surface area contributed by atoms with Crippen LogP contribution in [-0.4, -0.2) is 44.9 Å². The minimum absolute atomic E-state index is 0.00340. The maximum absolute atomic E-state index is 12.2. The highest BCUT2D eigenvalue weighted by molar-refractivity contribution is 6.02. The van der Waals surface area contributed by atoms with Crippen molar-refractivity contribution in [3.63, 3.8) is 0 Å². The zero-order valence-corrected chi connectivity index (χ0v) is 10.3. The third kappa shape index (κ3) is 2.37. The fourth-order valence-corrected chi connectivity index (χ4v) is 2.11. The van der Waals surface area contributed by atoms with Gasteiger partial charge in [-0.25, -0.2) is 9.78 Å². The number of H-pyrrole nitrogens is 1. The Morgan fingerprint density at radius 1 is 1.56 bits per heavy atom. The summed E-state index contributed by atoms with van der Waals surface area (Å²) in [6.07, 6.45) is 4.76. The van der Waals surface area contributed by atoms with Crippen molar-refractivity contribution in [1.29, 1.82) is 0 Å². The summed E-state index contributed by atoms with van der Waals surface area (Å²) in [6.45, 7) is 3.16. The van der Waals surface area contributed by atoms with Crippen LogP contribution in [-0.2, 0) is 0 Å². The molecule has 0 spiro atoms. The number of aromatic nitrogens is 2. The molecule has 1 fully saturated rings. The minimum atomic E-state index is -1.16. The molecule has 18 heavy (non-hydrogen) atoms. The van der Waals surface area contributed by atoms with E-state index in [-0.39, 0.29) is 17.3 Å². The normalized spacial score (nSPS) is 15.2. The van der Waals surface area contributed by atoms with Gasteiger partial charge in [0.1, 0.15) is 0 Å². The Morgan fingerprint density at radius 2 is 2.28 bits per heavy atom. The lowest BCUT2D eigenvalue weighted by atomic mass is 9.85. The SMILES string of the molecule is CCN(CC1CCC1)C(=O)c1nc[nH]c1C(=O)O. The number of carboxylic acid groups (broad SMARTS) is 1. The van der Waals surface area contributed by atoms with Crippen molar-refractivity contribution >= 4 is 11.9 Å². The van der Waals surface area contributed by atoms with Gasteiger partial charge in [0.2, 0.25) is 0 Å². The maximum atomic E-state index is 12.2. The Labute approximate surface area is 105 Å². The fourth-order valence-electron chi connectivity index (χ4n) is 2.11. The molecule has 1 aromatic rings. The van der Waals surface area contributed by atoms with Crippen LogP contribution in [0, 0.1) is 5.92 Å². The number of aromatic amines is 1. The molecule has 0 aliphatic heterocycles. The van der Waals surface area contributed by atoms with E-state index >= 15 is 0 Å². The summed E-state index contributed by atoms with van der Waals surface area (Å²) in [4.78, 5) is 31.2. The molecule has 1 aliphatic carbocycles. The zero-order chi connectivity index (χ0) is 13.1. The van der Waals surface area contributed by atoms with Crippen molar-refractivity contribution in [3.05, 3.63) is 17.7 Å². The third-order valence-corrected chi connectivity index (χ3v) is 3.43. The van der Waals surface area contributed by atoms with Gasteiger partial charge in [0.05, 0.1) is 6.33 Å². The number of aromatic carboxylic acids is 1. The average molecular weight is 251 g/mol. The van der Waals surface area contributed by atoms with Crippen LogP contribution in [0.15, 0.2) is 6.33 Å². The first kappa shape index (κ1) is 12.6. The monoisotopic (exact) mass is 251 g/mol.